The molecule has 0 saturated heterocycles. The molecular formula is C29H49NO4. The fourth-order valence-electron chi connectivity index (χ4n) is 4.92. The van der Waals surface area contributed by atoms with E-state index >= 15 is 0 Å². The standard InChI is InChI=1S/C29H49NO4/c1-20(12-8-16-29(6,34)17-9-13-22(3)28(32)33)10-7-11-21(2)14-15-25-18-27(31)24(5)23(4)26(25)19-30/h12,18,21-24,26-27,31,34H,7-11,13-17H2,1-6H3,(H,32,33)/b20-12+. The zero-order valence-electron chi connectivity index (χ0n) is 22.4. The van der Waals surface area contributed by atoms with E-state index < -0.39 is 17.7 Å². The lowest BCUT2D eigenvalue weighted by Crippen LogP contribution is -2.33. The molecular weight excluding hydrogens is 426 g/mol. The largest absolute Gasteiger partial charge is 0.481 e. The number of carbonyl (C=O) groups is 1. The van der Waals surface area contributed by atoms with Gasteiger partial charge in [-0.1, -0.05) is 57.4 Å². The fraction of sp³-hybridized carbons (Fsp3) is 0.793. The third kappa shape index (κ3) is 10.7. The van der Waals surface area contributed by atoms with Crippen molar-refractivity contribution in [1.82, 2.24) is 0 Å². The molecule has 0 radical (unpaired) electrons. The van der Waals surface area contributed by atoms with Crippen LogP contribution < -0.4 is 0 Å². The van der Waals surface area contributed by atoms with Crippen LogP contribution in [0.3, 0.4) is 0 Å². The molecule has 0 amide bonds. The number of aliphatic hydroxyl groups excluding tert-OH is 1. The summed E-state index contributed by atoms with van der Waals surface area (Å²) in [5, 5.41) is 39.4. The number of nitrogens with zero attached hydrogens (tertiary/aromatic N) is 1. The van der Waals surface area contributed by atoms with E-state index in [0.717, 1.165) is 50.5 Å². The first-order chi connectivity index (χ1) is 15.9. The number of carboxylic acids is 1. The summed E-state index contributed by atoms with van der Waals surface area (Å²) < 4.78 is 0. The van der Waals surface area contributed by atoms with Gasteiger partial charge in [0.05, 0.1) is 29.6 Å². The van der Waals surface area contributed by atoms with Gasteiger partial charge in [0.15, 0.2) is 0 Å². The summed E-state index contributed by atoms with van der Waals surface area (Å²) in [6.07, 6.45) is 12.5. The number of hydrogen-bond donors (Lipinski definition) is 3. The lowest BCUT2D eigenvalue weighted by Gasteiger charge is -2.34. The van der Waals surface area contributed by atoms with Crippen molar-refractivity contribution in [2.75, 3.05) is 0 Å². The lowest BCUT2D eigenvalue weighted by atomic mass is 9.71. The van der Waals surface area contributed by atoms with Crippen LogP contribution in [0, 0.1) is 40.9 Å². The molecule has 0 aromatic carbocycles. The normalized spacial score (nSPS) is 26.8. The molecule has 0 spiro atoms. The topological polar surface area (TPSA) is 102 Å². The molecule has 7 unspecified atom stereocenters. The van der Waals surface area contributed by atoms with Gasteiger partial charge in [-0.3, -0.25) is 4.79 Å². The third-order valence-corrected chi connectivity index (χ3v) is 7.96. The molecule has 0 heterocycles. The molecule has 0 aliphatic heterocycles. The van der Waals surface area contributed by atoms with Gasteiger partial charge in [0.1, 0.15) is 0 Å². The number of rotatable bonds is 15. The Labute approximate surface area is 208 Å². The Morgan fingerprint density at radius 2 is 1.85 bits per heavy atom. The van der Waals surface area contributed by atoms with Gasteiger partial charge in [-0.25, -0.2) is 0 Å². The van der Waals surface area contributed by atoms with Crippen LogP contribution in [0.25, 0.3) is 0 Å². The summed E-state index contributed by atoms with van der Waals surface area (Å²) >= 11 is 0. The van der Waals surface area contributed by atoms with Crippen LogP contribution in [-0.2, 0) is 4.79 Å². The monoisotopic (exact) mass is 475 g/mol. The number of allylic oxidation sites excluding steroid dienone is 3. The summed E-state index contributed by atoms with van der Waals surface area (Å²) in [4.78, 5) is 10.9. The molecule has 1 aliphatic carbocycles. The molecule has 0 saturated carbocycles. The highest BCUT2D eigenvalue weighted by atomic mass is 16.4. The van der Waals surface area contributed by atoms with E-state index in [2.05, 4.69) is 32.9 Å². The zero-order chi connectivity index (χ0) is 25.9. The molecule has 1 rings (SSSR count). The molecule has 0 fully saturated rings. The Balaban J connectivity index is 2.31. The summed E-state index contributed by atoms with van der Waals surface area (Å²) in [5.74, 6) is -0.302. The summed E-state index contributed by atoms with van der Waals surface area (Å²) in [6.45, 7) is 12.1. The number of aliphatic hydroxyl groups is 2. The average molecular weight is 476 g/mol. The molecule has 7 atom stereocenters. The van der Waals surface area contributed by atoms with Gasteiger partial charge in [0.2, 0.25) is 0 Å². The first-order valence-corrected chi connectivity index (χ1v) is 13.3. The van der Waals surface area contributed by atoms with Gasteiger partial charge in [-0.15, -0.1) is 0 Å². The Hall–Kier alpha value is -1.64. The summed E-state index contributed by atoms with van der Waals surface area (Å²) in [5.41, 5.74) is 1.72. The van der Waals surface area contributed by atoms with E-state index in [1.54, 1.807) is 6.92 Å². The maximum atomic E-state index is 10.9. The predicted octanol–water partition coefficient (Wildman–Crippen LogP) is 6.65. The molecule has 5 heteroatoms. The van der Waals surface area contributed by atoms with Crippen LogP contribution >= 0.6 is 0 Å². The Kier molecular flexibility index (Phi) is 13.1. The number of aliphatic carboxylic acids is 1. The molecule has 1 aliphatic rings. The SMILES string of the molecule is C/C(=C\CCC(C)(O)CCCC(C)C(=O)O)CCCC(C)CCC1=CC(O)C(C)C(C)C1C#N. The smallest absolute Gasteiger partial charge is 0.306 e. The fourth-order valence-corrected chi connectivity index (χ4v) is 4.92. The molecule has 3 N–H and O–H groups in total. The summed E-state index contributed by atoms with van der Waals surface area (Å²) in [7, 11) is 0. The first-order valence-electron chi connectivity index (χ1n) is 13.3. The minimum absolute atomic E-state index is 0.0754. The predicted molar refractivity (Wildman–Crippen MR) is 138 cm³/mol. The Morgan fingerprint density at radius 3 is 2.47 bits per heavy atom. The molecule has 34 heavy (non-hydrogen) atoms. The number of nitriles is 1. The maximum absolute atomic E-state index is 10.9. The van der Waals surface area contributed by atoms with Gasteiger partial charge in [0.25, 0.3) is 0 Å². The highest BCUT2D eigenvalue weighted by Gasteiger charge is 2.34. The molecule has 194 valence electrons. The van der Waals surface area contributed by atoms with Crippen molar-refractivity contribution in [3.63, 3.8) is 0 Å². The van der Waals surface area contributed by atoms with Crippen LogP contribution in [0.4, 0.5) is 0 Å². The van der Waals surface area contributed by atoms with Crippen molar-refractivity contribution >= 4 is 5.97 Å². The van der Waals surface area contributed by atoms with E-state index in [4.69, 9.17) is 5.11 Å². The second-order valence-corrected chi connectivity index (χ2v) is 11.3. The van der Waals surface area contributed by atoms with Crippen LogP contribution in [-0.4, -0.2) is 33.0 Å². The highest BCUT2D eigenvalue weighted by molar-refractivity contribution is 5.69. The van der Waals surface area contributed by atoms with Gasteiger partial charge in [0, 0.05) is 0 Å². The van der Waals surface area contributed by atoms with Crippen LogP contribution in [0.2, 0.25) is 0 Å². The van der Waals surface area contributed by atoms with Gasteiger partial charge in [-0.05, 0) is 89.4 Å². The minimum atomic E-state index is -0.770. The Morgan fingerprint density at radius 1 is 1.18 bits per heavy atom. The Bertz CT molecular complexity index is 733. The van der Waals surface area contributed by atoms with Crippen molar-refractivity contribution in [1.29, 1.82) is 5.26 Å². The van der Waals surface area contributed by atoms with Crippen molar-refractivity contribution in [3.05, 3.63) is 23.3 Å². The van der Waals surface area contributed by atoms with Crippen molar-refractivity contribution in [2.45, 2.75) is 117 Å². The van der Waals surface area contributed by atoms with Crippen molar-refractivity contribution < 1.29 is 20.1 Å². The maximum Gasteiger partial charge on any atom is 0.306 e. The quantitative estimate of drug-likeness (QED) is 0.230. The van der Waals surface area contributed by atoms with Crippen LogP contribution in [0.1, 0.15) is 106 Å². The van der Waals surface area contributed by atoms with Crippen LogP contribution in [0.15, 0.2) is 23.3 Å². The van der Waals surface area contributed by atoms with Crippen LogP contribution in [0.5, 0.6) is 0 Å². The van der Waals surface area contributed by atoms with Crippen molar-refractivity contribution in [3.8, 4) is 6.07 Å². The zero-order valence-corrected chi connectivity index (χ0v) is 22.4. The summed E-state index contributed by atoms with van der Waals surface area (Å²) in [6, 6.07) is 2.46. The van der Waals surface area contributed by atoms with Crippen molar-refractivity contribution in [2.24, 2.45) is 29.6 Å². The van der Waals surface area contributed by atoms with E-state index in [-0.39, 0.29) is 23.7 Å². The van der Waals surface area contributed by atoms with Gasteiger partial charge < -0.3 is 15.3 Å². The average Bonchev–Trinajstić information content (AvgIpc) is 2.75. The minimum Gasteiger partial charge on any atom is -0.481 e. The van der Waals surface area contributed by atoms with E-state index in [9.17, 15) is 20.3 Å². The second-order valence-electron chi connectivity index (χ2n) is 11.3. The highest BCUT2D eigenvalue weighted by Crippen LogP contribution is 2.37. The van der Waals surface area contributed by atoms with E-state index in [1.807, 2.05) is 19.9 Å². The first kappa shape index (κ1) is 30.4. The number of hydrogen-bond acceptors (Lipinski definition) is 4. The van der Waals surface area contributed by atoms with E-state index in [0.29, 0.717) is 25.2 Å². The van der Waals surface area contributed by atoms with E-state index in [1.165, 1.54) is 5.57 Å². The second kappa shape index (κ2) is 14.7. The molecule has 5 nitrogen and oxygen atoms in total. The lowest BCUT2D eigenvalue weighted by molar-refractivity contribution is -0.141. The van der Waals surface area contributed by atoms with Gasteiger partial charge >= 0.3 is 5.97 Å². The molecule has 0 aromatic heterocycles. The molecule has 0 aromatic rings. The molecule has 0 bridgehead atoms. The number of carboxylic acid groups (broad SMARTS) is 1. The van der Waals surface area contributed by atoms with Gasteiger partial charge in [-0.2, -0.15) is 5.26 Å². The third-order valence-electron chi connectivity index (χ3n) is 7.96.